The highest BCUT2D eigenvalue weighted by Gasteiger charge is 2.40. The largest absolute Gasteiger partial charge is 0.323 e. The smallest absolute Gasteiger partial charge is 0.107 e. The van der Waals surface area contributed by atoms with Gasteiger partial charge >= 0.3 is 0 Å². The summed E-state index contributed by atoms with van der Waals surface area (Å²) >= 11 is 0. The lowest BCUT2D eigenvalue weighted by Gasteiger charge is -2.31. The van der Waals surface area contributed by atoms with E-state index >= 15 is 0 Å². The Morgan fingerprint density at radius 3 is 2.45 bits per heavy atom. The molecule has 1 saturated heterocycles. The Bertz CT molecular complexity index is 669. The van der Waals surface area contributed by atoms with E-state index in [1.165, 1.54) is 42.5 Å². The summed E-state index contributed by atoms with van der Waals surface area (Å²) < 4.78 is 0. The second-order valence-electron chi connectivity index (χ2n) is 6.88. The highest BCUT2D eigenvalue weighted by Crippen LogP contribution is 2.29. The molecule has 112 valence electrons. The van der Waals surface area contributed by atoms with Crippen LogP contribution < -0.4 is 4.90 Å². The molecular weight excluding hydrogens is 266 g/mol. The number of nitrogens with one attached hydrogen (secondary N) is 1. The minimum atomic E-state index is 0.704. The zero-order valence-electron chi connectivity index (χ0n) is 13.3. The van der Waals surface area contributed by atoms with Gasteiger partial charge in [-0.05, 0) is 24.1 Å². The topological polar surface area (TPSA) is 4.44 Å². The molecule has 0 aromatic heterocycles. The number of benzene rings is 2. The van der Waals surface area contributed by atoms with Gasteiger partial charge in [-0.25, -0.2) is 0 Å². The first-order valence-corrected chi connectivity index (χ1v) is 8.47. The number of rotatable bonds is 3. The predicted molar refractivity (Wildman–Crippen MR) is 91.7 cm³/mol. The van der Waals surface area contributed by atoms with Crippen molar-refractivity contribution in [3.8, 4) is 0 Å². The third kappa shape index (κ3) is 2.62. The van der Waals surface area contributed by atoms with E-state index in [2.05, 4.69) is 67.6 Å². The molecule has 1 fully saturated rings. The SMILES string of the molecule is Cc1ccc(C2=C[C@@H]3CC[C@H](C2)[NH+]3Cc2ccccc2)cc1. The molecule has 1 heteroatoms. The summed E-state index contributed by atoms with van der Waals surface area (Å²) in [5.74, 6) is 0. The van der Waals surface area contributed by atoms with Crippen LogP contribution in [0, 0.1) is 6.92 Å². The standard InChI is InChI=1S/C21H23N/c1-16-7-9-18(10-8-16)19-13-20-11-12-21(14-19)22(20)15-17-5-3-2-4-6-17/h2-10,13,20-21H,11-12,14-15H2,1H3/p+1/t20-,21+/m0/s1. The van der Waals surface area contributed by atoms with Crippen molar-refractivity contribution in [2.24, 2.45) is 0 Å². The Morgan fingerprint density at radius 2 is 1.73 bits per heavy atom. The molecule has 2 aromatic rings. The normalized spacial score (nSPS) is 26.8. The molecule has 2 heterocycles. The summed E-state index contributed by atoms with van der Waals surface area (Å²) in [5.41, 5.74) is 5.83. The summed E-state index contributed by atoms with van der Waals surface area (Å²) in [5, 5.41) is 0. The molecule has 22 heavy (non-hydrogen) atoms. The molecule has 2 aliphatic heterocycles. The van der Waals surface area contributed by atoms with Gasteiger partial charge in [0.1, 0.15) is 12.6 Å². The fraction of sp³-hybridized carbons (Fsp3) is 0.333. The van der Waals surface area contributed by atoms with Crippen molar-refractivity contribution in [1.82, 2.24) is 0 Å². The highest BCUT2D eigenvalue weighted by molar-refractivity contribution is 5.67. The molecule has 4 rings (SSSR count). The summed E-state index contributed by atoms with van der Waals surface area (Å²) in [4.78, 5) is 1.78. The van der Waals surface area contributed by atoms with Crippen molar-refractivity contribution in [3.63, 3.8) is 0 Å². The molecule has 1 N–H and O–H groups in total. The maximum Gasteiger partial charge on any atom is 0.107 e. The number of hydrogen-bond acceptors (Lipinski definition) is 0. The molecular formula is C21H24N+. The van der Waals surface area contributed by atoms with Crippen LogP contribution >= 0.6 is 0 Å². The van der Waals surface area contributed by atoms with E-state index in [1.807, 2.05) is 0 Å². The molecule has 1 nitrogen and oxygen atoms in total. The Hall–Kier alpha value is -1.86. The zero-order valence-corrected chi connectivity index (χ0v) is 13.3. The Morgan fingerprint density at radius 1 is 0.955 bits per heavy atom. The van der Waals surface area contributed by atoms with Gasteiger partial charge < -0.3 is 4.90 Å². The monoisotopic (exact) mass is 290 g/mol. The average molecular weight is 290 g/mol. The van der Waals surface area contributed by atoms with E-state index in [4.69, 9.17) is 0 Å². The first-order chi connectivity index (χ1) is 10.8. The first kappa shape index (κ1) is 13.8. The molecule has 0 amide bonds. The second kappa shape index (κ2) is 5.73. The van der Waals surface area contributed by atoms with E-state index < -0.39 is 0 Å². The van der Waals surface area contributed by atoms with E-state index in [9.17, 15) is 0 Å². The van der Waals surface area contributed by atoms with Gasteiger partial charge in [0.2, 0.25) is 0 Å². The molecule has 0 saturated carbocycles. The van der Waals surface area contributed by atoms with E-state index in [0.29, 0.717) is 6.04 Å². The molecule has 2 aromatic carbocycles. The Balaban J connectivity index is 1.56. The highest BCUT2D eigenvalue weighted by atomic mass is 15.2. The quantitative estimate of drug-likeness (QED) is 0.884. The number of fused-ring (bicyclic) bond motifs is 2. The van der Waals surface area contributed by atoms with Crippen LogP contribution in [0.25, 0.3) is 5.57 Å². The average Bonchev–Trinajstić information content (AvgIpc) is 2.79. The van der Waals surface area contributed by atoms with Crippen molar-refractivity contribution in [2.75, 3.05) is 0 Å². The van der Waals surface area contributed by atoms with Crippen molar-refractivity contribution in [2.45, 2.75) is 44.8 Å². The lowest BCUT2D eigenvalue weighted by Crippen LogP contribution is -3.16. The molecule has 1 unspecified atom stereocenters. The summed E-state index contributed by atoms with van der Waals surface area (Å²) in [6, 6.07) is 21.5. The van der Waals surface area contributed by atoms with Crippen LogP contribution in [0.4, 0.5) is 0 Å². The van der Waals surface area contributed by atoms with Gasteiger partial charge in [0.25, 0.3) is 0 Å². The maximum absolute atomic E-state index is 2.56. The number of hydrogen-bond donors (Lipinski definition) is 1. The molecule has 0 aliphatic carbocycles. The van der Waals surface area contributed by atoms with Gasteiger partial charge in [-0.3, -0.25) is 0 Å². The summed E-state index contributed by atoms with van der Waals surface area (Å²) in [6.45, 7) is 3.34. The fourth-order valence-electron chi connectivity index (χ4n) is 4.14. The summed E-state index contributed by atoms with van der Waals surface area (Å²) in [6.07, 6.45) is 6.52. The maximum atomic E-state index is 2.56. The lowest BCUT2D eigenvalue weighted by atomic mass is 9.94. The molecule has 0 spiro atoms. The third-order valence-corrected chi connectivity index (χ3v) is 5.37. The van der Waals surface area contributed by atoms with Crippen LogP contribution in [0.3, 0.4) is 0 Å². The van der Waals surface area contributed by atoms with Crippen molar-refractivity contribution >= 4 is 5.57 Å². The third-order valence-electron chi connectivity index (χ3n) is 5.37. The van der Waals surface area contributed by atoms with Crippen molar-refractivity contribution in [3.05, 3.63) is 77.4 Å². The van der Waals surface area contributed by atoms with Gasteiger partial charge in [-0.1, -0.05) is 60.2 Å². The van der Waals surface area contributed by atoms with E-state index in [0.717, 1.165) is 6.04 Å². The molecule has 0 radical (unpaired) electrons. The second-order valence-corrected chi connectivity index (χ2v) is 6.88. The van der Waals surface area contributed by atoms with Crippen molar-refractivity contribution < 1.29 is 4.90 Å². The number of aryl methyl sites for hydroxylation is 1. The van der Waals surface area contributed by atoms with Crippen LogP contribution in [0.2, 0.25) is 0 Å². The van der Waals surface area contributed by atoms with Crippen LogP contribution in [-0.4, -0.2) is 12.1 Å². The van der Waals surface area contributed by atoms with Gasteiger partial charge in [0, 0.05) is 24.8 Å². The molecule has 2 aliphatic rings. The zero-order chi connectivity index (χ0) is 14.9. The van der Waals surface area contributed by atoms with E-state index in [-0.39, 0.29) is 0 Å². The fourth-order valence-corrected chi connectivity index (χ4v) is 4.14. The van der Waals surface area contributed by atoms with Gasteiger partial charge in [0.15, 0.2) is 0 Å². The summed E-state index contributed by atoms with van der Waals surface area (Å²) in [7, 11) is 0. The predicted octanol–water partition coefficient (Wildman–Crippen LogP) is 3.40. The minimum absolute atomic E-state index is 0.704. The number of quaternary nitrogens is 1. The Labute approximate surface area is 133 Å². The molecule has 3 atom stereocenters. The Kier molecular flexibility index (Phi) is 3.59. The van der Waals surface area contributed by atoms with Crippen LogP contribution in [0.5, 0.6) is 0 Å². The van der Waals surface area contributed by atoms with E-state index in [1.54, 1.807) is 10.5 Å². The van der Waals surface area contributed by atoms with Crippen LogP contribution in [0.15, 0.2) is 60.7 Å². The van der Waals surface area contributed by atoms with Crippen LogP contribution in [0.1, 0.15) is 36.0 Å². The first-order valence-electron chi connectivity index (χ1n) is 8.47. The minimum Gasteiger partial charge on any atom is -0.323 e. The van der Waals surface area contributed by atoms with Crippen LogP contribution in [-0.2, 0) is 6.54 Å². The van der Waals surface area contributed by atoms with Gasteiger partial charge in [-0.15, -0.1) is 0 Å². The molecule has 2 bridgehead atoms. The van der Waals surface area contributed by atoms with Gasteiger partial charge in [0.05, 0.1) is 6.04 Å². The van der Waals surface area contributed by atoms with Crippen molar-refractivity contribution in [1.29, 1.82) is 0 Å². The lowest BCUT2D eigenvalue weighted by molar-refractivity contribution is -0.944. The van der Waals surface area contributed by atoms with Gasteiger partial charge in [-0.2, -0.15) is 0 Å².